The Hall–Kier alpha value is -2.07. The van der Waals surface area contributed by atoms with Crippen LogP contribution in [0.2, 0.25) is 0 Å². The SMILES string of the molecule is CCCCCCCCCc1ccc(-c2ccc(C3CCC(O)(C(=O)[C@@H](F)CCCC)CC3)cc2)nc1. The van der Waals surface area contributed by atoms with Gasteiger partial charge in [-0.3, -0.25) is 9.78 Å². The Morgan fingerprint density at radius 2 is 1.58 bits per heavy atom. The molecule has 0 spiro atoms. The summed E-state index contributed by atoms with van der Waals surface area (Å²) in [6.07, 6.45) is 14.6. The van der Waals surface area contributed by atoms with Gasteiger partial charge >= 0.3 is 0 Å². The highest BCUT2D eigenvalue weighted by molar-refractivity contribution is 5.91. The first kappa shape index (κ1) is 28.5. The number of hydrogen-bond donors (Lipinski definition) is 1. The second-order valence-electron chi connectivity index (χ2n) is 10.8. The number of benzene rings is 1. The average molecular weight is 496 g/mol. The van der Waals surface area contributed by atoms with Crippen molar-refractivity contribution < 1.29 is 14.3 Å². The quantitative estimate of drug-likeness (QED) is 0.252. The number of nitrogens with zero attached hydrogens (tertiary/aromatic N) is 1. The van der Waals surface area contributed by atoms with Crippen molar-refractivity contribution in [2.75, 3.05) is 0 Å². The lowest BCUT2D eigenvalue weighted by Crippen LogP contribution is -2.46. The predicted molar refractivity (Wildman–Crippen MR) is 147 cm³/mol. The maximum Gasteiger partial charge on any atom is 0.198 e. The molecular formula is C32H46FNO2. The van der Waals surface area contributed by atoms with Gasteiger partial charge in [0.05, 0.1) is 5.69 Å². The topological polar surface area (TPSA) is 50.2 Å². The molecule has 0 radical (unpaired) electrons. The highest BCUT2D eigenvalue weighted by Crippen LogP contribution is 2.40. The fourth-order valence-corrected chi connectivity index (χ4v) is 5.44. The molecule has 3 nitrogen and oxygen atoms in total. The number of Topliss-reactive ketones (excluding diaryl/α,β-unsaturated/α-hetero) is 1. The minimum atomic E-state index is -1.54. The molecule has 1 fully saturated rings. The van der Waals surface area contributed by atoms with E-state index in [2.05, 4.69) is 43.3 Å². The summed E-state index contributed by atoms with van der Waals surface area (Å²) in [5, 5.41) is 10.8. The molecular weight excluding hydrogens is 449 g/mol. The van der Waals surface area contributed by atoms with Crippen LogP contribution in [-0.4, -0.2) is 27.6 Å². The van der Waals surface area contributed by atoms with Gasteiger partial charge in [0.15, 0.2) is 12.0 Å². The number of ketones is 1. The number of unbranched alkanes of at least 4 members (excludes halogenated alkanes) is 7. The number of aromatic nitrogens is 1. The number of halogens is 1. The molecule has 0 amide bonds. The molecule has 1 atom stereocenters. The largest absolute Gasteiger partial charge is 0.382 e. The second-order valence-corrected chi connectivity index (χ2v) is 10.8. The standard InChI is InChI=1S/C32H46FNO2/c1-3-5-7-8-9-10-11-12-25-14-19-30(34-24-25)28-17-15-26(16-18-28)27-20-22-32(36,23-21-27)31(35)29(33)13-6-4-2/h14-19,24,27,29,36H,3-13,20-23H2,1-2H3/t27?,29-,32?/m0/s1. The zero-order chi connectivity index (χ0) is 25.8. The van der Waals surface area contributed by atoms with Crippen molar-refractivity contribution in [1.82, 2.24) is 4.98 Å². The molecule has 1 aromatic carbocycles. The Balaban J connectivity index is 1.46. The predicted octanol–water partition coefficient (Wildman–Crippen LogP) is 8.53. The lowest BCUT2D eigenvalue weighted by atomic mass is 9.73. The zero-order valence-corrected chi connectivity index (χ0v) is 22.5. The van der Waals surface area contributed by atoms with Gasteiger partial charge in [-0.15, -0.1) is 0 Å². The van der Waals surface area contributed by atoms with Crippen LogP contribution < -0.4 is 0 Å². The van der Waals surface area contributed by atoms with Crippen molar-refractivity contribution >= 4 is 5.78 Å². The van der Waals surface area contributed by atoms with Gasteiger partial charge in [-0.05, 0) is 68.1 Å². The lowest BCUT2D eigenvalue weighted by Gasteiger charge is -2.35. The molecule has 3 rings (SSSR count). The molecule has 1 aromatic heterocycles. The van der Waals surface area contributed by atoms with Gasteiger partial charge in [0, 0.05) is 11.8 Å². The Bertz CT molecular complexity index is 901. The molecule has 0 unspecified atom stereocenters. The van der Waals surface area contributed by atoms with Crippen molar-refractivity contribution in [2.45, 2.75) is 128 Å². The van der Waals surface area contributed by atoms with E-state index in [1.165, 1.54) is 56.1 Å². The zero-order valence-electron chi connectivity index (χ0n) is 22.5. The normalized spacial score (nSPS) is 20.8. The van der Waals surface area contributed by atoms with E-state index in [0.717, 1.165) is 24.1 Å². The Labute approximate surface area is 217 Å². The number of carbonyl (C=O) groups is 1. The number of alkyl halides is 1. The summed E-state index contributed by atoms with van der Waals surface area (Å²) < 4.78 is 14.3. The third kappa shape index (κ3) is 8.23. The summed E-state index contributed by atoms with van der Waals surface area (Å²) in [4.78, 5) is 17.2. The van der Waals surface area contributed by atoms with Gasteiger partial charge in [-0.25, -0.2) is 4.39 Å². The van der Waals surface area contributed by atoms with Crippen LogP contribution in [0.1, 0.15) is 121 Å². The van der Waals surface area contributed by atoms with Gasteiger partial charge in [0.2, 0.25) is 0 Å². The third-order valence-electron chi connectivity index (χ3n) is 7.94. The van der Waals surface area contributed by atoms with E-state index in [4.69, 9.17) is 4.98 Å². The molecule has 1 saturated carbocycles. The van der Waals surface area contributed by atoms with Crippen LogP contribution in [0.5, 0.6) is 0 Å². The van der Waals surface area contributed by atoms with Crippen LogP contribution in [0.4, 0.5) is 4.39 Å². The van der Waals surface area contributed by atoms with E-state index in [-0.39, 0.29) is 12.3 Å². The van der Waals surface area contributed by atoms with Gasteiger partial charge in [-0.1, -0.05) is 95.5 Å². The molecule has 0 aliphatic heterocycles. The maximum atomic E-state index is 14.3. The average Bonchev–Trinajstić information content (AvgIpc) is 2.91. The number of pyridine rings is 1. The van der Waals surface area contributed by atoms with Crippen LogP contribution in [0.15, 0.2) is 42.6 Å². The minimum absolute atomic E-state index is 0.219. The number of rotatable bonds is 15. The molecule has 36 heavy (non-hydrogen) atoms. The van der Waals surface area contributed by atoms with Crippen molar-refractivity contribution in [2.24, 2.45) is 0 Å². The van der Waals surface area contributed by atoms with E-state index in [1.54, 1.807) is 0 Å². The Kier molecular flexibility index (Phi) is 11.6. The van der Waals surface area contributed by atoms with Crippen molar-refractivity contribution in [3.8, 4) is 11.3 Å². The fourth-order valence-electron chi connectivity index (χ4n) is 5.44. The highest BCUT2D eigenvalue weighted by Gasteiger charge is 2.43. The molecule has 2 aromatic rings. The van der Waals surface area contributed by atoms with E-state index >= 15 is 0 Å². The first-order valence-corrected chi connectivity index (χ1v) is 14.4. The van der Waals surface area contributed by atoms with Gasteiger partial charge in [0.1, 0.15) is 5.60 Å². The maximum absolute atomic E-state index is 14.3. The molecule has 1 aliphatic rings. The second kappa shape index (κ2) is 14.6. The number of carbonyl (C=O) groups excluding carboxylic acids is 1. The first-order chi connectivity index (χ1) is 17.5. The number of aryl methyl sites for hydroxylation is 1. The molecule has 4 heteroatoms. The molecule has 1 N–H and O–H groups in total. The van der Waals surface area contributed by atoms with Gasteiger partial charge in [-0.2, -0.15) is 0 Å². The molecule has 0 saturated heterocycles. The summed E-state index contributed by atoms with van der Waals surface area (Å²) in [7, 11) is 0. The first-order valence-electron chi connectivity index (χ1n) is 14.4. The van der Waals surface area contributed by atoms with Gasteiger partial charge in [0.25, 0.3) is 0 Å². The van der Waals surface area contributed by atoms with Crippen LogP contribution in [0.25, 0.3) is 11.3 Å². The summed E-state index contributed by atoms with van der Waals surface area (Å²) >= 11 is 0. The molecule has 198 valence electrons. The lowest BCUT2D eigenvalue weighted by molar-refractivity contribution is -0.146. The summed E-state index contributed by atoms with van der Waals surface area (Å²) in [5.74, 6) is -0.315. The molecule has 1 heterocycles. The van der Waals surface area contributed by atoms with E-state index in [1.807, 2.05) is 13.1 Å². The fraction of sp³-hybridized carbons (Fsp3) is 0.625. The molecule has 1 aliphatic carbocycles. The van der Waals surface area contributed by atoms with Crippen LogP contribution >= 0.6 is 0 Å². The number of hydrogen-bond acceptors (Lipinski definition) is 3. The highest BCUT2D eigenvalue weighted by atomic mass is 19.1. The summed E-state index contributed by atoms with van der Waals surface area (Å²) in [6, 6.07) is 12.8. The van der Waals surface area contributed by atoms with E-state index < -0.39 is 17.6 Å². The van der Waals surface area contributed by atoms with E-state index in [0.29, 0.717) is 32.1 Å². The minimum Gasteiger partial charge on any atom is -0.382 e. The summed E-state index contributed by atoms with van der Waals surface area (Å²) in [6.45, 7) is 4.23. The van der Waals surface area contributed by atoms with E-state index in [9.17, 15) is 14.3 Å². The molecule has 0 bridgehead atoms. The monoisotopic (exact) mass is 495 g/mol. The Morgan fingerprint density at radius 1 is 0.944 bits per heavy atom. The van der Waals surface area contributed by atoms with Crippen molar-refractivity contribution in [1.29, 1.82) is 0 Å². The van der Waals surface area contributed by atoms with Gasteiger partial charge < -0.3 is 5.11 Å². The van der Waals surface area contributed by atoms with Crippen molar-refractivity contribution in [3.63, 3.8) is 0 Å². The van der Waals surface area contributed by atoms with Crippen molar-refractivity contribution in [3.05, 3.63) is 53.7 Å². The van der Waals surface area contributed by atoms with Crippen LogP contribution in [-0.2, 0) is 11.2 Å². The summed E-state index contributed by atoms with van der Waals surface area (Å²) in [5.41, 5.74) is 3.10. The Morgan fingerprint density at radius 3 is 2.19 bits per heavy atom. The third-order valence-corrected chi connectivity index (χ3v) is 7.94. The number of aliphatic hydroxyl groups is 1. The van der Waals surface area contributed by atoms with Crippen LogP contribution in [0, 0.1) is 0 Å². The van der Waals surface area contributed by atoms with Crippen LogP contribution in [0.3, 0.4) is 0 Å². The smallest absolute Gasteiger partial charge is 0.198 e.